The van der Waals surface area contributed by atoms with Crippen molar-refractivity contribution >= 4 is 36.4 Å². The third-order valence-corrected chi connectivity index (χ3v) is 5.15. The summed E-state index contributed by atoms with van der Waals surface area (Å²) in [6.45, 7) is 7.20. The fourth-order valence-corrected chi connectivity index (χ4v) is 3.39. The number of pyridine rings is 1. The highest BCUT2D eigenvalue weighted by Gasteiger charge is 2.17. The summed E-state index contributed by atoms with van der Waals surface area (Å²) in [5.74, 6) is -0.911. The van der Waals surface area contributed by atoms with Crippen LogP contribution < -0.4 is 10.9 Å². The van der Waals surface area contributed by atoms with Crippen LogP contribution in [-0.4, -0.2) is 29.2 Å². The minimum atomic E-state index is -0.456. The molecule has 0 saturated heterocycles. The first kappa shape index (κ1) is 26.0. The van der Waals surface area contributed by atoms with Crippen molar-refractivity contribution in [1.29, 1.82) is 0 Å². The molecule has 0 fully saturated rings. The highest BCUT2D eigenvalue weighted by atomic mass is 16.2. The molecule has 2 amide bonds. The van der Waals surface area contributed by atoms with Gasteiger partial charge in [0.05, 0.1) is 34.9 Å². The molecule has 0 bridgehead atoms. The van der Waals surface area contributed by atoms with Gasteiger partial charge in [0.1, 0.15) is 0 Å². The summed E-state index contributed by atoms with van der Waals surface area (Å²) in [5.41, 5.74) is 10.3. The Kier molecular flexibility index (Phi) is 9.17. The topological polar surface area (TPSA) is 95.8 Å². The molecule has 0 aliphatic rings. The summed E-state index contributed by atoms with van der Waals surface area (Å²) in [7, 11) is 0. The number of carbonyl (C=O) groups excluding carboxylic acids is 2. The molecule has 0 aliphatic heterocycles. The summed E-state index contributed by atoms with van der Waals surface area (Å²) < 4.78 is 0. The summed E-state index contributed by atoms with van der Waals surface area (Å²) in [6.07, 6.45) is 7.03. The molecule has 2 aromatic carbocycles. The van der Waals surface area contributed by atoms with Gasteiger partial charge in [-0.2, -0.15) is 10.2 Å². The second-order valence-corrected chi connectivity index (χ2v) is 8.25. The molecule has 7 nitrogen and oxygen atoms in total. The lowest BCUT2D eigenvalue weighted by Gasteiger charge is -2.09. The maximum absolute atomic E-state index is 12.7. The number of aromatic nitrogens is 1. The van der Waals surface area contributed by atoms with E-state index in [1.807, 2.05) is 86.7 Å². The van der Waals surface area contributed by atoms with E-state index in [9.17, 15) is 9.59 Å². The zero-order chi connectivity index (χ0) is 25.9. The van der Waals surface area contributed by atoms with Crippen molar-refractivity contribution in [2.75, 3.05) is 0 Å². The fraction of sp³-hybridized carbons (Fsp3) is 0.138. The maximum Gasteiger partial charge on any atom is 0.273 e. The number of nitrogens with zero attached hydrogens (tertiary/aromatic N) is 3. The van der Waals surface area contributed by atoms with Crippen molar-refractivity contribution in [3.63, 3.8) is 0 Å². The van der Waals surface area contributed by atoms with Crippen LogP contribution in [0.3, 0.4) is 0 Å². The van der Waals surface area contributed by atoms with Crippen LogP contribution in [0.25, 0.3) is 12.2 Å². The van der Waals surface area contributed by atoms with Gasteiger partial charge < -0.3 is 0 Å². The molecule has 3 rings (SSSR count). The molecule has 7 heteroatoms. The smallest absolute Gasteiger partial charge is 0.267 e. The van der Waals surface area contributed by atoms with E-state index >= 15 is 0 Å². The number of hydrazone groups is 2. The average molecular weight is 480 g/mol. The number of nitrogens with one attached hydrogen (secondary N) is 2. The van der Waals surface area contributed by atoms with Crippen molar-refractivity contribution < 1.29 is 9.59 Å². The van der Waals surface area contributed by atoms with E-state index in [4.69, 9.17) is 0 Å². The molecule has 0 atom stereocenters. The summed E-state index contributed by atoms with van der Waals surface area (Å²) >= 11 is 0. The summed E-state index contributed by atoms with van der Waals surface area (Å²) in [5, 5.41) is 8.07. The Morgan fingerprint density at radius 1 is 0.694 bits per heavy atom. The predicted molar refractivity (Wildman–Crippen MR) is 146 cm³/mol. The lowest BCUT2D eigenvalue weighted by atomic mass is 10.1. The molecule has 0 spiro atoms. The van der Waals surface area contributed by atoms with Crippen molar-refractivity contribution in [2.24, 2.45) is 10.2 Å². The van der Waals surface area contributed by atoms with Crippen LogP contribution in [0.4, 0.5) is 0 Å². The number of rotatable bonds is 8. The molecule has 2 N–H and O–H groups in total. The van der Waals surface area contributed by atoms with E-state index in [1.54, 1.807) is 26.3 Å². The molecule has 0 aliphatic carbocycles. The van der Waals surface area contributed by atoms with Gasteiger partial charge in [-0.3, -0.25) is 14.6 Å². The number of allylic oxidation sites excluding steroid dienone is 2. The van der Waals surface area contributed by atoms with Crippen LogP contribution >= 0.6 is 0 Å². The van der Waals surface area contributed by atoms with Crippen LogP contribution in [0.1, 0.15) is 57.1 Å². The van der Waals surface area contributed by atoms with Gasteiger partial charge in [0, 0.05) is 0 Å². The lowest BCUT2D eigenvalue weighted by Crippen LogP contribution is -2.23. The van der Waals surface area contributed by atoms with Crippen LogP contribution in [-0.2, 0) is 0 Å². The Morgan fingerprint density at radius 2 is 1.08 bits per heavy atom. The molecular formula is C29H29N5O2. The third kappa shape index (κ3) is 7.70. The van der Waals surface area contributed by atoms with E-state index < -0.39 is 11.8 Å². The lowest BCUT2D eigenvalue weighted by molar-refractivity contribution is 0.0954. The molecule has 1 heterocycles. The molecule has 0 saturated carbocycles. The van der Waals surface area contributed by atoms with Gasteiger partial charge in [0.15, 0.2) is 0 Å². The van der Waals surface area contributed by atoms with Crippen molar-refractivity contribution in [3.05, 3.63) is 112 Å². The van der Waals surface area contributed by atoms with E-state index in [0.29, 0.717) is 11.4 Å². The zero-order valence-electron chi connectivity index (χ0n) is 20.8. The Balaban J connectivity index is 1.66. The van der Waals surface area contributed by atoms with E-state index in [0.717, 1.165) is 22.3 Å². The Morgan fingerprint density at radius 3 is 1.47 bits per heavy atom. The van der Waals surface area contributed by atoms with Crippen LogP contribution in [0.5, 0.6) is 0 Å². The summed E-state index contributed by atoms with van der Waals surface area (Å²) in [4.78, 5) is 29.8. The van der Waals surface area contributed by atoms with E-state index in [1.165, 1.54) is 6.07 Å². The van der Waals surface area contributed by atoms with Gasteiger partial charge in [-0.1, -0.05) is 72.8 Å². The third-order valence-electron chi connectivity index (χ3n) is 5.15. The zero-order valence-corrected chi connectivity index (χ0v) is 20.8. The van der Waals surface area contributed by atoms with Gasteiger partial charge in [-0.05, 0) is 56.0 Å². The van der Waals surface area contributed by atoms with Gasteiger partial charge in [0.25, 0.3) is 11.8 Å². The largest absolute Gasteiger partial charge is 0.273 e. The average Bonchev–Trinajstić information content (AvgIpc) is 2.85. The second kappa shape index (κ2) is 12.7. The predicted octanol–water partition coefficient (Wildman–Crippen LogP) is 5.34. The quantitative estimate of drug-likeness (QED) is 0.337. The number of benzene rings is 2. The molecule has 36 heavy (non-hydrogen) atoms. The number of amides is 2. The first-order valence-electron chi connectivity index (χ1n) is 11.4. The first-order chi connectivity index (χ1) is 17.3. The molecular weight excluding hydrogens is 450 g/mol. The highest BCUT2D eigenvalue weighted by molar-refractivity contribution is 6.01. The number of carbonyl (C=O) groups is 2. The minimum Gasteiger partial charge on any atom is -0.267 e. The number of aryl methyl sites for hydroxylation is 2. The molecule has 3 aromatic rings. The molecule has 182 valence electrons. The summed E-state index contributed by atoms with van der Waals surface area (Å²) in [6, 6.07) is 21.1. The fourth-order valence-electron chi connectivity index (χ4n) is 3.39. The van der Waals surface area contributed by atoms with E-state index in [-0.39, 0.29) is 11.1 Å². The van der Waals surface area contributed by atoms with Crippen molar-refractivity contribution in [1.82, 2.24) is 15.8 Å². The highest BCUT2D eigenvalue weighted by Crippen LogP contribution is 2.13. The van der Waals surface area contributed by atoms with Crippen molar-refractivity contribution in [2.45, 2.75) is 27.7 Å². The molecule has 0 unspecified atom stereocenters. The van der Waals surface area contributed by atoms with E-state index in [2.05, 4.69) is 26.0 Å². The monoisotopic (exact) mass is 479 g/mol. The van der Waals surface area contributed by atoms with Crippen molar-refractivity contribution in [3.8, 4) is 0 Å². The van der Waals surface area contributed by atoms with Crippen LogP contribution in [0.15, 0.2) is 88.1 Å². The Labute approximate surface area is 211 Å². The Bertz CT molecular complexity index is 1240. The molecule has 0 radical (unpaired) electrons. The SMILES string of the molecule is CC(/C=N\NC(=O)c1cc(C(=O)N/N=C\C(C)=C\c2ccccc2)c(C)nc1C)=C\c1ccccc1. The maximum atomic E-state index is 12.7. The number of hydrogen-bond acceptors (Lipinski definition) is 5. The minimum absolute atomic E-state index is 0.261. The molecule has 1 aromatic heterocycles. The van der Waals surface area contributed by atoms with Gasteiger partial charge in [-0.25, -0.2) is 10.9 Å². The standard InChI is InChI=1S/C29H29N5O2/c1-20(15-24-11-7-5-8-12-24)18-30-33-28(35)26-17-27(23(4)32-22(26)3)29(36)34-31-19-21(2)16-25-13-9-6-10-14-25/h5-19H,1-4H3,(H,33,35)(H,34,36)/b20-15+,21-16+,30-18-,31-19-. The van der Waals surface area contributed by atoms with Gasteiger partial charge in [-0.15, -0.1) is 0 Å². The van der Waals surface area contributed by atoms with Gasteiger partial charge in [0.2, 0.25) is 0 Å². The second-order valence-electron chi connectivity index (χ2n) is 8.25. The number of hydrogen-bond donors (Lipinski definition) is 2. The first-order valence-corrected chi connectivity index (χ1v) is 11.4. The van der Waals surface area contributed by atoms with Crippen LogP contribution in [0, 0.1) is 13.8 Å². The Hall–Kier alpha value is -4.65. The van der Waals surface area contributed by atoms with Crippen LogP contribution in [0.2, 0.25) is 0 Å². The van der Waals surface area contributed by atoms with Gasteiger partial charge >= 0.3 is 0 Å². The normalized spacial score (nSPS) is 12.2.